The molecule has 1 aromatic rings. The molecule has 1 aliphatic heterocycles. The maximum atomic E-state index is 9.43. The molecular formula is C13H18N2OS. The fourth-order valence-corrected chi connectivity index (χ4v) is 2.56. The zero-order chi connectivity index (χ0) is 12.4. The number of nitrogens with two attached hydrogens (primary N) is 1. The van der Waals surface area contributed by atoms with E-state index in [4.69, 9.17) is 18.0 Å². The van der Waals surface area contributed by atoms with Gasteiger partial charge in [0.25, 0.3) is 0 Å². The number of rotatable bonds is 3. The van der Waals surface area contributed by atoms with Crippen molar-refractivity contribution in [3.8, 4) is 0 Å². The first-order valence-corrected chi connectivity index (χ1v) is 6.31. The van der Waals surface area contributed by atoms with E-state index in [9.17, 15) is 5.11 Å². The molecule has 3 N–H and O–H groups in total. The van der Waals surface area contributed by atoms with Gasteiger partial charge in [-0.2, -0.15) is 0 Å². The summed E-state index contributed by atoms with van der Waals surface area (Å²) in [6, 6.07) is 8.15. The molecule has 92 valence electrons. The van der Waals surface area contributed by atoms with E-state index in [1.165, 1.54) is 0 Å². The third-order valence-corrected chi connectivity index (χ3v) is 3.79. The minimum atomic E-state index is 0.207. The molecule has 17 heavy (non-hydrogen) atoms. The summed E-state index contributed by atoms with van der Waals surface area (Å²) in [4.78, 5) is 2.68. The monoisotopic (exact) mass is 250 g/mol. The summed E-state index contributed by atoms with van der Waals surface area (Å²) < 4.78 is 0. The Morgan fingerprint density at radius 1 is 1.47 bits per heavy atom. The molecule has 0 aromatic heterocycles. The maximum absolute atomic E-state index is 9.43. The number of nitrogens with zero attached hydrogens (tertiary/aromatic N) is 1. The van der Waals surface area contributed by atoms with E-state index in [0.29, 0.717) is 10.9 Å². The summed E-state index contributed by atoms with van der Waals surface area (Å²) in [5.41, 5.74) is 7.59. The van der Waals surface area contributed by atoms with Crippen LogP contribution >= 0.6 is 12.2 Å². The summed E-state index contributed by atoms with van der Waals surface area (Å²) in [7, 11) is 0. The highest BCUT2D eigenvalue weighted by Crippen LogP contribution is 2.29. The van der Waals surface area contributed by atoms with Crippen LogP contribution in [0.4, 0.5) is 5.69 Å². The Morgan fingerprint density at radius 2 is 2.12 bits per heavy atom. The molecule has 0 spiro atoms. The SMILES string of the molecule is CC1CCN(c2ccc(C(N)=S)cc2)C1CO. The molecule has 3 nitrogen and oxygen atoms in total. The highest BCUT2D eigenvalue weighted by Gasteiger charge is 2.30. The van der Waals surface area contributed by atoms with Crippen LogP contribution in [0.15, 0.2) is 24.3 Å². The molecule has 2 rings (SSSR count). The van der Waals surface area contributed by atoms with Crippen molar-refractivity contribution in [2.45, 2.75) is 19.4 Å². The number of hydrogen-bond donors (Lipinski definition) is 2. The van der Waals surface area contributed by atoms with Gasteiger partial charge in [0.15, 0.2) is 0 Å². The molecule has 1 fully saturated rings. The second-order valence-electron chi connectivity index (χ2n) is 4.62. The van der Waals surface area contributed by atoms with E-state index in [0.717, 1.165) is 24.2 Å². The summed E-state index contributed by atoms with van der Waals surface area (Å²) >= 11 is 4.93. The molecule has 1 heterocycles. The predicted octanol–water partition coefficient (Wildman–Crippen LogP) is 1.53. The molecule has 4 heteroatoms. The second-order valence-corrected chi connectivity index (χ2v) is 5.06. The summed E-state index contributed by atoms with van der Waals surface area (Å²) in [6.07, 6.45) is 1.13. The van der Waals surface area contributed by atoms with Crippen molar-refractivity contribution >= 4 is 22.9 Å². The molecule has 0 saturated carbocycles. The first kappa shape index (κ1) is 12.3. The van der Waals surface area contributed by atoms with Gasteiger partial charge in [-0.3, -0.25) is 0 Å². The molecule has 1 saturated heterocycles. The van der Waals surface area contributed by atoms with E-state index in [1.807, 2.05) is 24.3 Å². The van der Waals surface area contributed by atoms with Crippen LogP contribution in [0.5, 0.6) is 0 Å². The van der Waals surface area contributed by atoms with Gasteiger partial charge in [-0.25, -0.2) is 0 Å². The Labute approximate surface area is 107 Å². The van der Waals surface area contributed by atoms with Gasteiger partial charge in [0.05, 0.1) is 12.6 Å². The average Bonchev–Trinajstić information content (AvgIpc) is 2.70. The van der Waals surface area contributed by atoms with Crippen molar-refractivity contribution in [1.82, 2.24) is 0 Å². The first-order chi connectivity index (χ1) is 8.13. The number of anilines is 1. The molecule has 0 aliphatic carbocycles. The van der Waals surface area contributed by atoms with Gasteiger partial charge in [0.2, 0.25) is 0 Å². The summed E-state index contributed by atoms with van der Waals surface area (Å²) in [5, 5.41) is 9.43. The minimum absolute atomic E-state index is 0.207. The van der Waals surface area contributed by atoms with Crippen LogP contribution in [-0.2, 0) is 0 Å². The van der Waals surface area contributed by atoms with E-state index < -0.39 is 0 Å². The summed E-state index contributed by atoms with van der Waals surface area (Å²) in [6.45, 7) is 3.39. The normalized spacial score (nSPS) is 24.0. The fourth-order valence-electron chi connectivity index (χ4n) is 2.42. The maximum Gasteiger partial charge on any atom is 0.103 e. The lowest BCUT2D eigenvalue weighted by Gasteiger charge is -2.27. The molecule has 0 amide bonds. The number of aliphatic hydroxyl groups excluding tert-OH is 1. The zero-order valence-electron chi connectivity index (χ0n) is 9.97. The van der Waals surface area contributed by atoms with Crippen molar-refractivity contribution in [3.63, 3.8) is 0 Å². The fraction of sp³-hybridized carbons (Fsp3) is 0.462. The number of aliphatic hydroxyl groups is 1. The van der Waals surface area contributed by atoms with Crippen molar-refractivity contribution in [1.29, 1.82) is 0 Å². The van der Waals surface area contributed by atoms with Crippen LogP contribution in [0, 0.1) is 5.92 Å². The Bertz CT molecular complexity index is 404. The van der Waals surface area contributed by atoms with Crippen LogP contribution < -0.4 is 10.6 Å². The standard InChI is InChI=1S/C13H18N2OS/c1-9-6-7-15(12(9)8-16)11-4-2-10(3-5-11)13(14)17/h2-5,9,12,16H,6-8H2,1H3,(H2,14,17). The third kappa shape index (κ3) is 2.42. The topological polar surface area (TPSA) is 49.5 Å². The molecule has 1 aromatic carbocycles. The lowest BCUT2D eigenvalue weighted by molar-refractivity contribution is 0.245. The van der Waals surface area contributed by atoms with Crippen LogP contribution in [-0.4, -0.2) is 29.3 Å². The smallest absolute Gasteiger partial charge is 0.103 e. The molecular weight excluding hydrogens is 232 g/mol. The largest absolute Gasteiger partial charge is 0.394 e. The molecule has 1 aliphatic rings. The first-order valence-electron chi connectivity index (χ1n) is 5.91. The Balaban J connectivity index is 2.20. The highest BCUT2D eigenvalue weighted by molar-refractivity contribution is 7.80. The van der Waals surface area contributed by atoms with E-state index in [-0.39, 0.29) is 12.6 Å². The zero-order valence-corrected chi connectivity index (χ0v) is 10.8. The second kappa shape index (κ2) is 5.02. The Kier molecular flexibility index (Phi) is 3.64. The molecule has 2 atom stereocenters. The van der Waals surface area contributed by atoms with Gasteiger partial charge in [-0.05, 0) is 36.6 Å². The van der Waals surface area contributed by atoms with E-state index >= 15 is 0 Å². The molecule has 0 bridgehead atoms. The van der Waals surface area contributed by atoms with Crippen molar-refractivity contribution < 1.29 is 5.11 Å². The molecule has 0 radical (unpaired) electrons. The van der Waals surface area contributed by atoms with Crippen LogP contribution in [0.3, 0.4) is 0 Å². The van der Waals surface area contributed by atoms with Gasteiger partial charge in [0, 0.05) is 17.8 Å². The lowest BCUT2D eigenvalue weighted by Crippen LogP contribution is -2.35. The van der Waals surface area contributed by atoms with Crippen LogP contribution in [0.25, 0.3) is 0 Å². The predicted molar refractivity (Wildman–Crippen MR) is 74.3 cm³/mol. The van der Waals surface area contributed by atoms with Crippen LogP contribution in [0.2, 0.25) is 0 Å². The van der Waals surface area contributed by atoms with Crippen molar-refractivity contribution in [2.24, 2.45) is 11.7 Å². The van der Waals surface area contributed by atoms with Gasteiger partial charge in [-0.15, -0.1) is 0 Å². The van der Waals surface area contributed by atoms with Gasteiger partial charge in [-0.1, -0.05) is 19.1 Å². The highest BCUT2D eigenvalue weighted by atomic mass is 32.1. The summed E-state index contributed by atoms with van der Waals surface area (Å²) in [5.74, 6) is 0.537. The minimum Gasteiger partial charge on any atom is -0.394 e. The quantitative estimate of drug-likeness (QED) is 0.799. The van der Waals surface area contributed by atoms with Crippen molar-refractivity contribution in [3.05, 3.63) is 29.8 Å². The average molecular weight is 250 g/mol. The van der Waals surface area contributed by atoms with Gasteiger partial charge < -0.3 is 15.7 Å². The van der Waals surface area contributed by atoms with Gasteiger partial charge >= 0.3 is 0 Å². The molecule has 2 unspecified atom stereocenters. The van der Waals surface area contributed by atoms with E-state index in [2.05, 4.69) is 11.8 Å². The van der Waals surface area contributed by atoms with Crippen LogP contribution in [0.1, 0.15) is 18.9 Å². The van der Waals surface area contributed by atoms with E-state index in [1.54, 1.807) is 0 Å². The third-order valence-electron chi connectivity index (χ3n) is 3.55. The number of hydrogen-bond acceptors (Lipinski definition) is 3. The number of benzene rings is 1. The Morgan fingerprint density at radius 3 is 2.65 bits per heavy atom. The van der Waals surface area contributed by atoms with Crippen molar-refractivity contribution in [2.75, 3.05) is 18.1 Å². The lowest BCUT2D eigenvalue weighted by atomic mass is 10.0. The Hall–Kier alpha value is -1.13. The number of thiocarbonyl (C=S) groups is 1. The van der Waals surface area contributed by atoms with Gasteiger partial charge in [0.1, 0.15) is 4.99 Å².